The van der Waals surface area contributed by atoms with Gasteiger partial charge in [-0.15, -0.1) is 0 Å². The van der Waals surface area contributed by atoms with Gasteiger partial charge in [0, 0.05) is 63.4 Å². The Morgan fingerprint density at radius 2 is 1.72 bits per heavy atom. The van der Waals surface area contributed by atoms with Crippen molar-refractivity contribution in [1.29, 1.82) is 0 Å². The molecule has 0 amide bonds. The van der Waals surface area contributed by atoms with Crippen LogP contribution in [-0.4, -0.2) is 61.8 Å². The SMILES string of the molecule is CC(=O)n1cc(CN[C@H]2CC[C@@H](n3c(=O)c4cc(F)cnc4n(-c4cccc(-c5ccc(CN6CCCOCC6)cc5)c4)c3=O)CC2)c2ccccc21. The van der Waals surface area contributed by atoms with Crippen LogP contribution in [0, 0.1) is 5.82 Å². The highest BCUT2D eigenvalue weighted by atomic mass is 19.1. The summed E-state index contributed by atoms with van der Waals surface area (Å²) in [4.78, 5) is 47.2. The van der Waals surface area contributed by atoms with Crippen LogP contribution >= 0.6 is 0 Å². The summed E-state index contributed by atoms with van der Waals surface area (Å²) in [6.45, 7) is 6.51. The average molecular weight is 715 g/mol. The fraction of sp³-hybridized carbons (Fsp3) is 0.333. The molecule has 1 aliphatic heterocycles. The Kier molecular flexibility index (Phi) is 9.87. The van der Waals surface area contributed by atoms with Crippen molar-refractivity contribution in [3.05, 3.63) is 129 Å². The van der Waals surface area contributed by atoms with Gasteiger partial charge in [0.15, 0.2) is 5.65 Å². The lowest BCUT2D eigenvalue weighted by molar-refractivity contribution is 0.0941. The first kappa shape index (κ1) is 34.8. The van der Waals surface area contributed by atoms with Crippen LogP contribution in [0.3, 0.4) is 0 Å². The summed E-state index contributed by atoms with van der Waals surface area (Å²) in [5.74, 6) is -0.669. The second-order valence-corrected chi connectivity index (χ2v) is 14.3. The van der Waals surface area contributed by atoms with Gasteiger partial charge in [-0.1, -0.05) is 54.6 Å². The molecule has 3 aromatic heterocycles. The summed E-state index contributed by atoms with van der Waals surface area (Å²) in [6, 6.07) is 24.9. The van der Waals surface area contributed by atoms with E-state index in [1.165, 1.54) is 20.8 Å². The van der Waals surface area contributed by atoms with Crippen molar-refractivity contribution in [3.63, 3.8) is 0 Å². The molecule has 0 atom stereocenters. The smallest absolute Gasteiger partial charge is 0.337 e. The van der Waals surface area contributed by atoms with Crippen LogP contribution in [0.25, 0.3) is 38.8 Å². The first-order valence-corrected chi connectivity index (χ1v) is 18.5. The zero-order valence-electron chi connectivity index (χ0n) is 29.8. The Morgan fingerprint density at radius 1 is 0.906 bits per heavy atom. The first-order valence-electron chi connectivity index (χ1n) is 18.5. The second kappa shape index (κ2) is 15.0. The van der Waals surface area contributed by atoms with Gasteiger partial charge in [0.2, 0.25) is 5.91 Å². The van der Waals surface area contributed by atoms with Crippen LogP contribution < -0.4 is 16.6 Å². The standard InChI is InChI=1S/C42H43FN6O4/c1-28(50)47-27-32(37-8-2-3-9-39(37)47)24-44-34-14-16-35(17-15-34)49-41(51)38-23-33(43)25-45-40(38)48(42(49)52)36-7-4-6-31(22-36)30-12-10-29(11-13-30)26-46-18-5-20-53-21-19-46/h2-4,6-13,22-23,25,27,34-35,44H,5,14-21,24,26H2,1H3/t34-,35+. The molecule has 2 fully saturated rings. The Balaban J connectivity index is 1.04. The maximum Gasteiger partial charge on any atom is 0.337 e. The van der Waals surface area contributed by atoms with Gasteiger partial charge in [0.1, 0.15) is 5.82 Å². The molecule has 0 unspecified atom stereocenters. The number of hydrogen-bond acceptors (Lipinski definition) is 7. The Labute approximate surface area is 306 Å². The largest absolute Gasteiger partial charge is 0.380 e. The van der Waals surface area contributed by atoms with Gasteiger partial charge in [-0.3, -0.25) is 23.6 Å². The maximum atomic E-state index is 14.6. The number of pyridine rings is 1. The number of fused-ring (bicyclic) bond motifs is 2. The third-order valence-corrected chi connectivity index (χ3v) is 10.8. The minimum Gasteiger partial charge on any atom is -0.380 e. The maximum absolute atomic E-state index is 14.6. The number of carbonyl (C=O) groups excluding carboxylic acids is 1. The third kappa shape index (κ3) is 7.12. The molecular weight excluding hydrogens is 671 g/mol. The molecule has 272 valence electrons. The van der Waals surface area contributed by atoms with E-state index < -0.39 is 17.1 Å². The number of ether oxygens (including phenoxy) is 1. The molecule has 3 aromatic carbocycles. The summed E-state index contributed by atoms with van der Waals surface area (Å²) in [5, 5.41) is 4.75. The minimum absolute atomic E-state index is 0.0368. The van der Waals surface area contributed by atoms with E-state index >= 15 is 0 Å². The molecule has 6 aromatic rings. The van der Waals surface area contributed by atoms with Gasteiger partial charge in [-0.2, -0.15) is 0 Å². The predicted octanol–water partition coefficient (Wildman–Crippen LogP) is 6.46. The van der Waals surface area contributed by atoms with E-state index in [2.05, 4.69) is 39.5 Å². The lowest BCUT2D eigenvalue weighted by Gasteiger charge is -2.30. The summed E-state index contributed by atoms with van der Waals surface area (Å²) in [5.41, 5.74) is 4.74. The van der Waals surface area contributed by atoms with Gasteiger partial charge in [0.25, 0.3) is 5.56 Å². The molecule has 2 aliphatic rings. The van der Waals surface area contributed by atoms with Crippen molar-refractivity contribution in [2.75, 3.05) is 26.3 Å². The van der Waals surface area contributed by atoms with Crippen molar-refractivity contribution in [2.45, 2.75) is 64.2 Å². The number of hydrogen-bond donors (Lipinski definition) is 1. The van der Waals surface area contributed by atoms with E-state index in [1.807, 2.05) is 54.7 Å². The van der Waals surface area contributed by atoms with E-state index in [0.29, 0.717) is 25.1 Å². The van der Waals surface area contributed by atoms with Crippen molar-refractivity contribution in [2.24, 2.45) is 0 Å². The molecule has 1 N–H and O–H groups in total. The number of nitrogens with one attached hydrogen (secondary N) is 1. The van der Waals surface area contributed by atoms with Crippen molar-refractivity contribution in [3.8, 4) is 16.8 Å². The summed E-state index contributed by atoms with van der Waals surface area (Å²) in [7, 11) is 0. The first-order chi connectivity index (χ1) is 25.8. The van der Waals surface area contributed by atoms with Crippen LogP contribution in [0.15, 0.2) is 101 Å². The fourth-order valence-corrected chi connectivity index (χ4v) is 8.02. The molecule has 1 saturated heterocycles. The minimum atomic E-state index is -0.632. The second-order valence-electron chi connectivity index (χ2n) is 14.3. The van der Waals surface area contributed by atoms with E-state index in [4.69, 9.17) is 4.74 Å². The highest BCUT2D eigenvalue weighted by Crippen LogP contribution is 2.29. The molecule has 4 heterocycles. The number of rotatable bonds is 8. The number of halogens is 1. The number of para-hydroxylation sites is 1. The van der Waals surface area contributed by atoms with Gasteiger partial charge < -0.3 is 10.1 Å². The normalized spacial score (nSPS) is 18.4. The lowest BCUT2D eigenvalue weighted by Crippen LogP contribution is -2.44. The summed E-state index contributed by atoms with van der Waals surface area (Å²) in [6.07, 6.45) is 6.68. The number of nitrogens with zero attached hydrogens (tertiary/aromatic N) is 5. The van der Waals surface area contributed by atoms with Crippen molar-refractivity contribution < 1.29 is 13.9 Å². The average Bonchev–Trinajstić information content (AvgIpc) is 3.35. The van der Waals surface area contributed by atoms with Gasteiger partial charge in [0.05, 0.1) is 29.4 Å². The predicted molar refractivity (Wildman–Crippen MR) is 204 cm³/mol. The molecule has 11 heteroatoms. The van der Waals surface area contributed by atoms with E-state index in [0.717, 1.165) is 85.9 Å². The van der Waals surface area contributed by atoms with Crippen LogP contribution in [0.4, 0.5) is 4.39 Å². The molecule has 0 spiro atoms. The number of benzene rings is 3. The Morgan fingerprint density at radius 3 is 2.53 bits per heavy atom. The molecule has 1 saturated carbocycles. The lowest BCUT2D eigenvalue weighted by atomic mass is 9.90. The molecule has 1 aliphatic carbocycles. The Bertz CT molecular complexity index is 2400. The number of aromatic nitrogens is 4. The highest BCUT2D eigenvalue weighted by Gasteiger charge is 2.27. The van der Waals surface area contributed by atoms with E-state index in [1.54, 1.807) is 11.5 Å². The van der Waals surface area contributed by atoms with Crippen molar-refractivity contribution in [1.82, 2.24) is 28.9 Å². The van der Waals surface area contributed by atoms with Crippen molar-refractivity contribution >= 4 is 27.8 Å². The molecule has 10 nitrogen and oxygen atoms in total. The fourth-order valence-electron chi connectivity index (χ4n) is 8.02. The van der Waals surface area contributed by atoms with Crippen LogP contribution in [0.1, 0.15) is 61.0 Å². The van der Waals surface area contributed by atoms with E-state index in [9.17, 15) is 18.8 Å². The zero-order valence-corrected chi connectivity index (χ0v) is 29.8. The topological polar surface area (TPSA) is 103 Å². The third-order valence-electron chi connectivity index (χ3n) is 10.8. The summed E-state index contributed by atoms with van der Waals surface area (Å²) < 4.78 is 24.6. The molecule has 0 radical (unpaired) electrons. The van der Waals surface area contributed by atoms with E-state index in [-0.39, 0.29) is 29.0 Å². The quantitative estimate of drug-likeness (QED) is 0.193. The van der Waals surface area contributed by atoms with Crippen LogP contribution in [-0.2, 0) is 17.8 Å². The molecule has 0 bridgehead atoms. The summed E-state index contributed by atoms with van der Waals surface area (Å²) >= 11 is 0. The molecule has 8 rings (SSSR count). The van der Waals surface area contributed by atoms with Gasteiger partial charge >= 0.3 is 5.69 Å². The molecule has 53 heavy (non-hydrogen) atoms. The van der Waals surface area contributed by atoms with Gasteiger partial charge in [-0.05, 0) is 78.6 Å². The van der Waals surface area contributed by atoms with Crippen LogP contribution in [0.5, 0.6) is 0 Å². The van der Waals surface area contributed by atoms with Gasteiger partial charge in [-0.25, -0.2) is 18.7 Å². The monoisotopic (exact) mass is 714 g/mol. The van der Waals surface area contributed by atoms with Crippen LogP contribution in [0.2, 0.25) is 0 Å². The Hall–Kier alpha value is -5.23. The number of carbonyl (C=O) groups is 1. The zero-order chi connectivity index (χ0) is 36.5. The molecular formula is C42H43FN6O4. The highest BCUT2D eigenvalue weighted by molar-refractivity contribution is 5.93.